The first-order valence-corrected chi connectivity index (χ1v) is 5.70. The van der Waals surface area contributed by atoms with Crippen molar-refractivity contribution in [2.24, 2.45) is 0 Å². The minimum Gasteiger partial charge on any atom is -0.368 e. The van der Waals surface area contributed by atoms with Crippen molar-refractivity contribution in [2.75, 3.05) is 31.9 Å². The number of rotatable bonds is 2. The van der Waals surface area contributed by atoms with E-state index in [-0.39, 0.29) is 5.91 Å². The van der Waals surface area contributed by atoms with Crippen LogP contribution >= 0.6 is 0 Å². The van der Waals surface area contributed by atoms with Crippen LogP contribution in [-0.2, 0) is 11.3 Å². The Labute approximate surface area is 100 Å². The molecule has 1 amide bonds. The fourth-order valence-electron chi connectivity index (χ4n) is 1.95. The van der Waals surface area contributed by atoms with Gasteiger partial charge in [0.15, 0.2) is 0 Å². The van der Waals surface area contributed by atoms with Gasteiger partial charge < -0.3 is 10.6 Å². The van der Waals surface area contributed by atoms with Crippen molar-refractivity contribution in [3.05, 3.63) is 18.0 Å². The van der Waals surface area contributed by atoms with Crippen molar-refractivity contribution < 1.29 is 4.79 Å². The summed E-state index contributed by atoms with van der Waals surface area (Å²) in [4.78, 5) is 23.3. The van der Waals surface area contributed by atoms with E-state index in [0.29, 0.717) is 5.95 Å². The lowest BCUT2D eigenvalue weighted by Crippen LogP contribution is -2.47. The summed E-state index contributed by atoms with van der Waals surface area (Å²) in [6.07, 6.45) is 1.67. The highest BCUT2D eigenvalue weighted by molar-refractivity contribution is 5.73. The lowest BCUT2D eigenvalue weighted by Gasteiger charge is -2.33. The van der Waals surface area contributed by atoms with Crippen molar-refractivity contribution in [2.45, 2.75) is 13.5 Å². The van der Waals surface area contributed by atoms with Crippen LogP contribution in [0.15, 0.2) is 12.3 Å². The SMILES string of the molecule is CC(=O)N1CCN(Cc2ccnc(N)n2)CC1. The summed E-state index contributed by atoms with van der Waals surface area (Å²) in [7, 11) is 0. The molecule has 92 valence electrons. The number of carbonyl (C=O) groups is 1. The van der Waals surface area contributed by atoms with Crippen LogP contribution in [0.1, 0.15) is 12.6 Å². The van der Waals surface area contributed by atoms with Gasteiger partial charge in [-0.05, 0) is 6.07 Å². The predicted octanol–water partition coefficient (Wildman–Crippen LogP) is -0.277. The Morgan fingerprint density at radius 1 is 1.41 bits per heavy atom. The van der Waals surface area contributed by atoms with Crippen LogP contribution in [0.4, 0.5) is 5.95 Å². The predicted molar refractivity (Wildman–Crippen MR) is 64.0 cm³/mol. The Bertz CT molecular complexity index is 401. The van der Waals surface area contributed by atoms with E-state index in [1.54, 1.807) is 13.1 Å². The van der Waals surface area contributed by atoms with E-state index in [1.165, 1.54) is 0 Å². The van der Waals surface area contributed by atoms with Gasteiger partial charge >= 0.3 is 0 Å². The smallest absolute Gasteiger partial charge is 0.220 e. The van der Waals surface area contributed by atoms with E-state index in [4.69, 9.17) is 5.73 Å². The van der Waals surface area contributed by atoms with Crippen molar-refractivity contribution in [3.63, 3.8) is 0 Å². The van der Waals surface area contributed by atoms with Gasteiger partial charge in [0, 0.05) is 45.8 Å². The summed E-state index contributed by atoms with van der Waals surface area (Å²) in [6.45, 7) is 5.71. The summed E-state index contributed by atoms with van der Waals surface area (Å²) in [5.74, 6) is 0.459. The number of nitrogen functional groups attached to an aromatic ring is 1. The zero-order valence-corrected chi connectivity index (χ0v) is 9.96. The molecular formula is C11H17N5O. The number of nitrogens with two attached hydrogens (primary N) is 1. The van der Waals surface area contributed by atoms with E-state index in [9.17, 15) is 4.79 Å². The van der Waals surface area contributed by atoms with E-state index in [1.807, 2.05) is 11.0 Å². The van der Waals surface area contributed by atoms with Crippen molar-refractivity contribution in [1.82, 2.24) is 19.8 Å². The summed E-state index contributed by atoms with van der Waals surface area (Å²) >= 11 is 0. The normalized spacial score (nSPS) is 17.1. The van der Waals surface area contributed by atoms with E-state index in [0.717, 1.165) is 38.4 Å². The second kappa shape index (κ2) is 5.09. The fraction of sp³-hybridized carbons (Fsp3) is 0.545. The molecule has 0 atom stereocenters. The fourth-order valence-corrected chi connectivity index (χ4v) is 1.95. The molecule has 0 aromatic carbocycles. The number of amides is 1. The molecule has 2 heterocycles. The van der Waals surface area contributed by atoms with Gasteiger partial charge in [-0.1, -0.05) is 0 Å². The largest absolute Gasteiger partial charge is 0.368 e. The average molecular weight is 235 g/mol. The number of carbonyl (C=O) groups excluding carboxylic acids is 1. The number of aromatic nitrogens is 2. The van der Waals surface area contributed by atoms with E-state index in [2.05, 4.69) is 14.9 Å². The lowest BCUT2D eigenvalue weighted by molar-refractivity contribution is -0.130. The Balaban J connectivity index is 1.88. The highest BCUT2D eigenvalue weighted by Gasteiger charge is 2.18. The van der Waals surface area contributed by atoms with Crippen LogP contribution in [0.25, 0.3) is 0 Å². The van der Waals surface area contributed by atoms with Gasteiger partial charge in [0.2, 0.25) is 11.9 Å². The summed E-state index contributed by atoms with van der Waals surface area (Å²) in [6, 6.07) is 1.87. The zero-order valence-electron chi connectivity index (χ0n) is 9.96. The first-order chi connectivity index (χ1) is 8.15. The summed E-state index contributed by atoms with van der Waals surface area (Å²) in [5.41, 5.74) is 6.46. The molecule has 1 aromatic rings. The molecule has 0 aliphatic carbocycles. The standard InChI is InChI=1S/C11H17N5O/c1-9(17)16-6-4-15(5-7-16)8-10-2-3-13-11(12)14-10/h2-3H,4-8H2,1H3,(H2,12,13,14). The molecule has 1 aliphatic heterocycles. The zero-order chi connectivity index (χ0) is 12.3. The average Bonchev–Trinajstić information content (AvgIpc) is 2.29. The van der Waals surface area contributed by atoms with Crippen molar-refractivity contribution in [3.8, 4) is 0 Å². The molecule has 17 heavy (non-hydrogen) atoms. The lowest BCUT2D eigenvalue weighted by atomic mass is 10.3. The van der Waals surface area contributed by atoms with Gasteiger partial charge in [0.05, 0.1) is 5.69 Å². The third-order valence-corrected chi connectivity index (χ3v) is 2.94. The second-order valence-corrected chi connectivity index (χ2v) is 4.19. The molecule has 0 unspecified atom stereocenters. The van der Waals surface area contributed by atoms with E-state index < -0.39 is 0 Å². The number of anilines is 1. The Kier molecular flexibility index (Phi) is 3.53. The maximum atomic E-state index is 11.2. The molecule has 0 spiro atoms. The van der Waals surface area contributed by atoms with Crippen LogP contribution in [0.2, 0.25) is 0 Å². The number of hydrogen-bond acceptors (Lipinski definition) is 5. The van der Waals surface area contributed by atoms with E-state index >= 15 is 0 Å². The quantitative estimate of drug-likeness (QED) is 0.763. The highest BCUT2D eigenvalue weighted by atomic mass is 16.2. The molecule has 6 heteroatoms. The summed E-state index contributed by atoms with van der Waals surface area (Å²) in [5, 5.41) is 0. The second-order valence-electron chi connectivity index (χ2n) is 4.19. The van der Waals surface area contributed by atoms with Crippen LogP contribution < -0.4 is 5.73 Å². The molecule has 2 rings (SSSR count). The molecule has 1 aliphatic rings. The van der Waals surface area contributed by atoms with Crippen LogP contribution in [0.3, 0.4) is 0 Å². The molecule has 0 saturated carbocycles. The number of piperazine rings is 1. The molecule has 0 radical (unpaired) electrons. The highest BCUT2D eigenvalue weighted by Crippen LogP contribution is 2.07. The molecule has 0 bridgehead atoms. The molecule has 1 fully saturated rings. The van der Waals surface area contributed by atoms with Gasteiger partial charge in [0.25, 0.3) is 0 Å². The van der Waals surface area contributed by atoms with Gasteiger partial charge in [-0.2, -0.15) is 0 Å². The Morgan fingerprint density at radius 2 is 2.12 bits per heavy atom. The van der Waals surface area contributed by atoms with Crippen LogP contribution in [0, 0.1) is 0 Å². The number of nitrogens with zero attached hydrogens (tertiary/aromatic N) is 4. The Hall–Kier alpha value is -1.69. The van der Waals surface area contributed by atoms with Crippen LogP contribution in [-0.4, -0.2) is 51.9 Å². The third kappa shape index (κ3) is 3.13. The minimum atomic E-state index is 0.149. The topological polar surface area (TPSA) is 75.4 Å². The maximum Gasteiger partial charge on any atom is 0.220 e. The first kappa shape index (κ1) is 11.8. The Morgan fingerprint density at radius 3 is 2.71 bits per heavy atom. The summed E-state index contributed by atoms with van der Waals surface area (Å²) < 4.78 is 0. The molecule has 2 N–H and O–H groups in total. The molecular weight excluding hydrogens is 218 g/mol. The van der Waals surface area contributed by atoms with Crippen molar-refractivity contribution in [1.29, 1.82) is 0 Å². The van der Waals surface area contributed by atoms with Gasteiger partial charge in [0.1, 0.15) is 0 Å². The number of hydrogen-bond donors (Lipinski definition) is 1. The van der Waals surface area contributed by atoms with Gasteiger partial charge in [-0.25, -0.2) is 9.97 Å². The first-order valence-electron chi connectivity index (χ1n) is 5.70. The molecule has 1 aromatic heterocycles. The molecule has 1 saturated heterocycles. The minimum absolute atomic E-state index is 0.149. The van der Waals surface area contributed by atoms with Crippen LogP contribution in [0.5, 0.6) is 0 Å². The monoisotopic (exact) mass is 235 g/mol. The van der Waals surface area contributed by atoms with Gasteiger partial charge in [-0.3, -0.25) is 9.69 Å². The van der Waals surface area contributed by atoms with Gasteiger partial charge in [-0.15, -0.1) is 0 Å². The maximum absolute atomic E-state index is 11.2. The molecule has 6 nitrogen and oxygen atoms in total. The third-order valence-electron chi connectivity index (χ3n) is 2.94. The van der Waals surface area contributed by atoms with Crippen molar-refractivity contribution >= 4 is 11.9 Å².